The minimum atomic E-state index is -0.579. The SMILES string of the molecule is CC1(c2ccc(Sc3nccs3)cc2)OCCO1. The Morgan fingerprint density at radius 3 is 2.56 bits per heavy atom. The van der Waals surface area contributed by atoms with Gasteiger partial charge in [-0.2, -0.15) is 0 Å². The van der Waals surface area contributed by atoms with Gasteiger partial charge in [-0.3, -0.25) is 0 Å². The van der Waals surface area contributed by atoms with E-state index < -0.39 is 5.79 Å². The van der Waals surface area contributed by atoms with Crippen molar-refractivity contribution in [2.24, 2.45) is 0 Å². The van der Waals surface area contributed by atoms with Crippen LogP contribution < -0.4 is 0 Å². The molecule has 0 unspecified atom stereocenters. The second-order valence-electron chi connectivity index (χ2n) is 4.07. The highest BCUT2D eigenvalue weighted by molar-refractivity contribution is 8.01. The van der Waals surface area contributed by atoms with Gasteiger partial charge in [-0.05, 0) is 19.1 Å². The van der Waals surface area contributed by atoms with Crippen molar-refractivity contribution in [2.75, 3.05) is 13.2 Å². The van der Waals surface area contributed by atoms with Crippen molar-refractivity contribution in [1.82, 2.24) is 4.98 Å². The van der Waals surface area contributed by atoms with Gasteiger partial charge >= 0.3 is 0 Å². The summed E-state index contributed by atoms with van der Waals surface area (Å²) in [6.07, 6.45) is 1.82. The molecule has 0 atom stereocenters. The number of rotatable bonds is 3. The van der Waals surface area contributed by atoms with Crippen LogP contribution >= 0.6 is 23.1 Å². The van der Waals surface area contributed by atoms with Crippen LogP contribution in [0.4, 0.5) is 0 Å². The van der Waals surface area contributed by atoms with Gasteiger partial charge in [-0.1, -0.05) is 23.9 Å². The zero-order valence-corrected chi connectivity index (χ0v) is 11.6. The molecule has 0 spiro atoms. The van der Waals surface area contributed by atoms with Gasteiger partial charge in [-0.25, -0.2) is 4.98 Å². The highest BCUT2D eigenvalue weighted by atomic mass is 32.2. The normalized spacial score (nSPS) is 18.1. The molecule has 0 N–H and O–H groups in total. The molecule has 1 aromatic heterocycles. The number of hydrogen-bond acceptors (Lipinski definition) is 5. The van der Waals surface area contributed by atoms with Crippen molar-refractivity contribution < 1.29 is 9.47 Å². The van der Waals surface area contributed by atoms with Crippen molar-refractivity contribution in [1.29, 1.82) is 0 Å². The summed E-state index contributed by atoms with van der Waals surface area (Å²) < 4.78 is 12.3. The Bertz CT molecular complexity index is 504. The van der Waals surface area contributed by atoms with Crippen LogP contribution in [0.25, 0.3) is 0 Å². The highest BCUT2D eigenvalue weighted by Crippen LogP contribution is 2.34. The number of aromatic nitrogens is 1. The molecular formula is C13H13NO2S2. The lowest BCUT2D eigenvalue weighted by molar-refractivity contribution is -0.149. The maximum atomic E-state index is 5.63. The molecule has 2 heterocycles. The molecule has 2 aromatic rings. The third kappa shape index (κ3) is 2.44. The number of benzene rings is 1. The van der Waals surface area contributed by atoms with E-state index in [1.165, 1.54) is 4.90 Å². The average Bonchev–Trinajstić information content (AvgIpc) is 3.03. The second-order valence-corrected chi connectivity index (χ2v) is 6.28. The van der Waals surface area contributed by atoms with Gasteiger partial charge in [0, 0.05) is 22.0 Å². The minimum absolute atomic E-state index is 0.579. The van der Waals surface area contributed by atoms with Crippen LogP contribution in [-0.2, 0) is 15.3 Å². The molecule has 1 aliphatic rings. The van der Waals surface area contributed by atoms with Crippen molar-refractivity contribution in [3.63, 3.8) is 0 Å². The van der Waals surface area contributed by atoms with E-state index in [-0.39, 0.29) is 0 Å². The lowest BCUT2D eigenvalue weighted by Gasteiger charge is -2.22. The molecule has 94 valence electrons. The summed E-state index contributed by atoms with van der Waals surface area (Å²) in [6.45, 7) is 3.28. The lowest BCUT2D eigenvalue weighted by Crippen LogP contribution is -2.22. The van der Waals surface area contributed by atoms with E-state index in [0.717, 1.165) is 9.90 Å². The van der Waals surface area contributed by atoms with Gasteiger partial charge in [0.05, 0.1) is 13.2 Å². The van der Waals surface area contributed by atoms with Crippen molar-refractivity contribution in [2.45, 2.75) is 21.9 Å². The first-order valence-electron chi connectivity index (χ1n) is 5.72. The van der Waals surface area contributed by atoms with E-state index in [9.17, 15) is 0 Å². The quantitative estimate of drug-likeness (QED) is 0.860. The Labute approximate surface area is 114 Å². The fraction of sp³-hybridized carbons (Fsp3) is 0.308. The molecule has 1 saturated heterocycles. The standard InChI is InChI=1S/C13H13NO2S2/c1-13(15-7-8-16-13)10-2-4-11(5-3-10)18-12-14-6-9-17-12/h2-6,9H,7-8H2,1H3. The molecule has 5 heteroatoms. The predicted octanol–water partition coefficient (Wildman–Crippen LogP) is 3.51. The van der Waals surface area contributed by atoms with Crippen LogP contribution in [0, 0.1) is 0 Å². The number of thiazole rings is 1. The van der Waals surface area contributed by atoms with Crippen LogP contribution in [0.3, 0.4) is 0 Å². The number of ether oxygens (including phenoxy) is 2. The first-order chi connectivity index (χ1) is 8.76. The summed E-state index contributed by atoms with van der Waals surface area (Å²) >= 11 is 3.32. The Morgan fingerprint density at radius 1 is 1.22 bits per heavy atom. The monoisotopic (exact) mass is 279 g/mol. The Kier molecular flexibility index (Phi) is 3.39. The van der Waals surface area contributed by atoms with Gasteiger partial charge in [0.2, 0.25) is 0 Å². The Morgan fingerprint density at radius 2 is 1.94 bits per heavy atom. The lowest BCUT2D eigenvalue weighted by atomic mass is 10.1. The summed E-state index contributed by atoms with van der Waals surface area (Å²) in [5.74, 6) is -0.579. The van der Waals surface area contributed by atoms with Gasteiger partial charge < -0.3 is 9.47 Å². The molecule has 0 amide bonds. The zero-order chi connectivity index (χ0) is 12.4. The first-order valence-corrected chi connectivity index (χ1v) is 7.42. The summed E-state index contributed by atoms with van der Waals surface area (Å²) in [5.41, 5.74) is 1.06. The third-order valence-corrected chi connectivity index (χ3v) is 4.72. The number of hydrogen-bond donors (Lipinski definition) is 0. The molecule has 0 bridgehead atoms. The van der Waals surface area contributed by atoms with E-state index in [0.29, 0.717) is 13.2 Å². The molecule has 0 aliphatic carbocycles. The van der Waals surface area contributed by atoms with E-state index in [1.807, 2.05) is 18.5 Å². The van der Waals surface area contributed by atoms with Crippen molar-refractivity contribution >= 4 is 23.1 Å². The maximum Gasteiger partial charge on any atom is 0.192 e. The minimum Gasteiger partial charge on any atom is -0.344 e. The Balaban J connectivity index is 1.76. The second kappa shape index (κ2) is 5.01. The predicted molar refractivity (Wildman–Crippen MR) is 71.9 cm³/mol. The van der Waals surface area contributed by atoms with E-state index in [2.05, 4.69) is 29.2 Å². The van der Waals surface area contributed by atoms with Gasteiger partial charge in [-0.15, -0.1) is 11.3 Å². The molecule has 1 aromatic carbocycles. The third-order valence-electron chi connectivity index (χ3n) is 2.83. The molecule has 1 aliphatic heterocycles. The van der Waals surface area contributed by atoms with E-state index >= 15 is 0 Å². The maximum absolute atomic E-state index is 5.63. The summed E-state index contributed by atoms with van der Waals surface area (Å²) in [4.78, 5) is 5.43. The molecule has 0 radical (unpaired) electrons. The largest absolute Gasteiger partial charge is 0.344 e. The average molecular weight is 279 g/mol. The van der Waals surface area contributed by atoms with E-state index in [4.69, 9.17) is 9.47 Å². The summed E-state index contributed by atoms with van der Waals surface area (Å²) in [6, 6.07) is 8.28. The van der Waals surface area contributed by atoms with Crippen LogP contribution in [0.5, 0.6) is 0 Å². The molecule has 18 heavy (non-hydrogen) atoms. The zero-order valence-electron chi connectivity index (χ0n) is 9.96. The van der Waals surface area contributed by atoms with E-state index in [1.54, 1.807) is 23.1 Å². The number of nitrogens with zero attached hydrogens (tertiary/aromatic N) is 1. The first kappa shape index (κ1) is 12.2. The van der Waals surface area contributed by atoms with Crippen LogP contribution in [-0.4, -0.2) is 18.2 Å². The Hall–Kier alpha value is -0.880. The summed E-state index contributed by atoms with van der Waals surface area (Å²) in [7, 11) is 0. The smallest absolute Gasteiger partial charge is 0.192 e. The topological polar surface area (TPSA) is 31.4 Å². The molecule has 0 saturated carbocycles. The van der Waals surface area contributed by atoms with Crippen molar-refractivity contribution in [3.8, 4) is 0 Å². The summed E-state index contributed by atoms with van der Waals surface area (Å²) in [5, 5.41) is 1.98. The fourth-order valence-electron chi connectivity index (χ4n) is 1.87. The molecular weight excluding hydrogens is 266 g/mol. The highest BCUT2D eigenvalue weighted by Gasteiger charge is 2.32. The van der Waals surface area contributed by atoms with Crippen LogP contribution in [0.1, 0.15) is 12.5 Å². The van der Waals surface area contributed by atoms with Gasteiger partial charge in [0.1, 0.15) is 0 Å². The molecule has 1 fully saturated rings. The molecule has 3 nitrogen and oxygen atoms in total. The van der Waals surface area contributed by atoms with Crippen molar-refractivity contribution in [3.05, 3.63) is 41.4 Å². The van der Waals surface area contributed by atoms with Gasteiger partial charge in [0.25, 0.3) is 0 Å². The fourth-order valence-corrected chi connectivity index (χ4v) is 3.46. The molecule has 3 rings (SSSR count). The van der Waals surface area contributed by atoms with Crippen LogP contribution in [0.15, 0.2) is 45.1 Å². The van der Waals surface area contributed by atoms with Gasteiger partial charge in [0.15, 0.2) is 10.1 Å². The van der Waals surface area contributed by atoms with Crippen LogP contribution in [0.2, 0.25) is 0 Å².